The number of rotatable bonds is 5. The van der Waals surface area contributed by atoms with E-state index in [0.29, 0.717) is 0 Å². The highest BCUT2D eigenvalue weighted by atomic mass is 32.1. The first-order chi connectivity index (χ1) is 4.81. The van der Waals surface area contributed by atoms with Crippen LogP contribution >= 0.6 is 12.2 Å². The van der Waals surface area contributed by atoms with Crippen LogP contribution in [0.3, 0.4) is 0 Å². The molecule has 0 rings (SSSR count). The Morgan fingerprint density at radius 2 is 2.20 bits per heavy atom. The third-order valence-electron chi connectivity index (χ3n) is 1.27. The summed E-state index contributed by atoms with van der Waals surface area (Å²) in [6.07, 6.45) is 2.46. The quantitative estimate of drug-likeness (QED) is 0.462. The minimum atomic E-state index is 0.811. The van der Waals surface area contributed by atoms with E-state index in [-0.39, 0.29) is 0 Å². The monoisotopic (exact) mass is 160 g/mol. The van der Waals surface area contributed by atoms with Crippen LogP contribution in [0.2, 0.25) is 0 Å². The van der Waals surface area contributed by atoms with Crippen molar-refractivity contribution in [3.05, 3.63) is 0 Å². The van der Waals surface area contributed by atoms with Crippen LogP contribution < -0.4 is 10.6 Å². The maximum Gasteiger partial charge on any atom is 0.0891 e. The van der Waals surface area contributed by atoms with Gasteiger partial charge in [0.25, 0.3) is 0 Å². The molecule has 10 heavy (non-hydrogen) atoms. The summed E-state index contributed by atoms with van der Waals surface area (Å²) in [5.74, 6) is 0. The summed E-state index contributed by atoms with van der Waals surface area (Å²) in [7, 11) is 1.85. The maximum atomic E-state index is 4.93. The summed E-state index contributed by atoms with van der Waals surface area (Å²) >= 11 is 4.93. The lowest BCUT2D eigenvalue weighted by molar-refractivity contribution is 0.688. The van der Waals surface area contributed by atoms with Crippen molar-refractivity contribution >= 4 is 17.2 Å². The zero-order valence-electron chi connectivity index (χ0n) is 6.74. The molecular formula is C7H16N2S. The Morgan fingerprint density at radius 1 is 1.50 bits per heavy atom. The van der Waals surface area contributed by atoms with Gasteiger partial charge in [-0.3, -0.25) is 0 Å². The van der Waals surface area contributed by atoms with Gasteiger partial charge in [0.1, 0.15) is 0 Å². The SMILES string of the molecule is CCCCNCC(=S)NC. The fourth-order valence-corrected chi connectivity index (χ4v) is 0.694. The topological polar surface area (TPSA) is 24.1 Å². The first-order valence-electron chi connectivity index (χ1n) is 3.72. The van der Waals surface area contributed by atoms with Gasteiger partial charge < -0.3 is 10.6 Å². The molecule has 0 aromatic heterocycles. The molecule has 0 saturated heterocycles. The second kappa shape index (κ2) is 6.96. The molecule has 60 valence electrons. The molecule has 2 N–H and O–H groups in total. The van der Waals surface area contributed by atoms with E-state index in [1.165, 1.54) is 12.8 Å². The highest BCUT2D eigenvalue weighted by molar-refractivity contribution is 7.80. The highest BCUT2D eigenvalue weighted by Gasteiger charge is 1.89. The fraction of sp³-hybridized carbons (Fsp3) is 0.857. The van der Waals surface area contributed by atoms with Gasteiger partial charge in [-0.05, 0) is 13.0 Å². The van der Waals surface area contributed by atoms with Gasteiger partial charge in [0.05, 0.1) is 4.99 Å². The van der Waals surface area contributed by atoms with Gasteiger partial charge in [-0.2, -0.15) is 0 Å². The van der Waals surface area contributed by atoms with Crippen molar-refractivity contribution in [2.75, 3.05) is 20.1 Å². The Labute approximate surface area is 68.4 Å². The third kappa shape index (κ3) is 5.98. The third-order valence-corrected chi connectivity index (χ3v) is 1.62. The number of likely N-dealkylation sites (N-methyl/N-ethyl adjacent to an activating group) is 1. The Hall–Kier alpha value is -0.150. The van der Waals surface area contributed by atoms with E-state index < -0.39 is 0 Å². The lowest BCUT2D eigenvalue weighted by atomic mass is 10.3. The molecule has 0 saturated carbocycles. The first-order valence-corrected chi connectivity index (χ1v) is 4.13. The molecule has 0 bridgehead atoms. The van der Waals surface area contributed by atoms with E-state index in [1.807, 2.05) is 7.05 Å². The van der Waals surface area contributed by atoms with Gasteiger partial charge in [-0.15, -0.1) is 0 Å². The van der Waals surface area contributed by atoms with Crippen LogP contribution in [-0.2, 0) is 0 Å². The normalized spacial score (nSPS) is 9.40. The molecule has 0 aliphatic carbocycles. The van der Waals surface area contributed by atoms with Gasteiger partial charge >= 0.3 is 0 Å². The Balaban J connectivity index is 2.96. The summed E-state index contributed by atoms with van der Waals surface area (Å²) in [4.78, 5) is 0.885. The molecule has 0 fully saturated rings. The van der Waals surface area contributed by atoms with Crippen molar-refractivity contribution in [2.45, 2.75) is 19.8 Å². The van der Waals surface area contributed by atoms with E-state index in [0.717, 1.165) is 18.1 Å². The van der Waals surface area contributed by atoms with Gasteiger partial charge in [0.15, 0.2) is 0 Å². The molecule has 0 aromatic rings. The summed E-state index contributed by atoms with van der Waals surface area (Å²) in [5.41, 5.74) is 0. The molecule has 0 radical (unpaired) electrons. The number of nitrogens with one attached hydrogen (secondary N) is 2. The molecule has 0 amide bonds. The lowest BCUT2D eigenvalue weighted by Crippen LogP contribution is -2.30. The van der Waals surface area contributed by atoms with Crippen molar-refractivity contribution in [1.82, 2.24) is 10.6 Å². The Morgan fingerprint density at radius 3 is 2.70 bits per heavy atom. The Kier molecular flexibility index (Phi) is 6.86. The summed E-state index contributed by atoms with van der Waals surface area (Å²) in [5, 5.41) is 6.14. The Bertz CT molecular complexity index is 93.6. The van der Waals surface area contributed by atoms with Crippen LogP contribution in [0.5, 0.6) is 0 Å². The zero-order chi connectivity index (χ0) is 7.82. The minimum Gasteiger partial charge on any atom is -0.382 e. The van der Waals surface area contributed by atoms with Crippen molar-refractivity contribution in [2.24, 2.45) is 0 Å². The molecule has 2 nitrogen and oxygen atoms in total. The van der Waals surface area contributed by atoms with Crippen LogP contribution in [0.1, 0.15) is 19.8 Å². The second-order valence-corrected chi connectivity index (χ2v) is 2.70. The second-order valence-electron chi connectivity index (χ2n) is 2.20. The van der Waals surface area contributed by atoms with Crippen LogP contribution in [0.25, 0.3) is 0 Å². The van der Waals surface area contributed by atoms with E-state index in [1.54, 1.807) is 0 Å². The fourth-order valence-electron chi connectivity index (χ4n) is 0.592. The molecule has 0 aliphatic rings. The van der Waals surface area contributed by atoms with Crippen molar-refractivity contribution in [3.8, 4) is 0 Å². The summed E-state index contributed by atoms with van der Waals surface area (Å²) in [6, 6.07) is 0. The first kappa shape index (κ1) is 9.85. The molecule has 3 heteroatoms. The molecule has 0 spiro atoms. The summed E-state index contributed by atoms with van der Waals surface area (Å²) < 4.78 is 0. The average molecular weight is 160 g/mol. The molecular weight excluding hydrogens is 144 g/mol. The highest BCUT2D eigenvalue weighted by Crippen LogP contribution is 1.81. The van der Waals surface area contributed by atoms with E-state index >= 15 is 0 Å². The van der Waals surface area contributed by atoms with Crippen molar-refractivity contribution in [3.63, 3.8) is 0 Å². The van der Waals surface area contributed by atoms with Gasteiger partial charge in [-0.1, -0.05) is 25.6 Å². The van der Waals surface area contributed by atoms with Gasteiger partial charge in [-0.25, -0.2) is 0 Å². The molecule has 0 aromatic carbocycles. The predicted octanol–water partition coefficient (Wildman–Crippen LogP) is 0.923. The maximum absolute atomic E-state index is 4.93. The number of hydrogen-bond acceptors (Lipinski definition) is 2. The average Bonchev–Trinajstić information content (AvgIpc) is 1.98. The van der Waals surface area contributed by atoms with E-state index in [9.17, 15) is 0 Å². The molecule has 0 heterocycles. The van der Waals surface area contributed by atoms with Crippen LogP contribution in [-0.4, -0.2) is 25.1 Å². The van der Waals surface area contributed by atoms with E-state index in [4.69, 9.17) is 12.2 Å². The van der Waals surface area contributed by atoms with Crippen molar-refractivity contribution < 1.29 is 0 Å². The van der Waals surface area contributed by atoms with Gasteiger partial charge in [0.2, 0.25) is 0 Å². The van der Waals surface area contributed by atoms with E-state index in [2.05, 4.69) is 17.6 Å². The van der Waals surface area contributed by atoms with Gasteiger partial charge in [0, 0.05) is 13.6 Å². The van der Waals surface area contributed by atoms with Crippen LogP contribution in [0, 0.1) is 0 Å². The number of thiocarbonyl (C=S) groups is 1. The molecule has 0 unspecified atom stereocenters. The predicted molar refractivity (Wildman–Crippen MR) is 49.4 cm³/mol. The largest absolute Gasteiger partial charge is 0.382 e. The minimum absolute atomic E-state index is 0.811. The smallest absolute Gasteiger partial charge is 0.0891 e. The number of hydrogen-bond donors (Lipinski definition) is 2. The van der Waals surface area contributed by atoms with Crippen LogP contribution in [0.4, 0.5) is 0 Å². The van der Waals surface area contributed by atoms with Crippen molar-refractivity contribution in [1.29, 1.82) is 0 Å². The zero-order valence-corrected chi connectivity index (χ0v) is 7.55. The lowest BCUT2D eigenvalue weighted by Gasteiger charge is -2.03. The summed E-state index contributed by atoms with van der Waals surface area (Å²) in [6.45, 7) is 4.06. The van der Waals surface area contributed by atoms with Crippen LogP contribution in [0.15, 0.2) is 0 Å². The molecule has 0 aliphatic heterocycles. The standard InChI is InChI=1S/C7H16N2S/c1-3-4-5-9-6-7(10)8-2/h9H,3-6H2,1-2H3,(H,8,10). The molecule has 0 atom stereocenters. The number of unbranched alkanes of at least 4 members (excludes halogenated alkanes) is 1.